The Morgan fingerprint density at radius 1 is 0.946 bits per heavy atom. The standard InChI is InChI=1S/C29H32Cl2N2O4/c1-18-24(28(34)36-3)26(21-13-10-14-22(30)27(21)31)25(19(2)32-18)29(35)37-23(20-11-6-4-7-12-20)17-33-15-8-5-9-16-33/h4,6-7,10-14,23,26,32H,5,8-9,15-17H2,1-3H3. The number of nitrogens with zero attached hydrogens (tertiary/aromatic N) is 1. The van der Waals surface area contributed by atoms with Crippen molar-refractivity contribution in [3.63, 3.8) is 0 Å². The first-order valence-corrected chi connectivity index (χ1v) is 13.3. The average molecular weight is 543 g/mol. The van der Waals surface area contributed by atoms with Crippen molar-refractivity contribution in [1.82, 2.24) is 10.2 Å². The van der Waals surface area contributed by atoms with Crippen molar-refractivity contribution in [2.75, 3.05) is 26.7 Å². The summed E-state index contributed by atoms with van der Waals surface area (Å²) in [4.78, 5) is 29.3. The average Bonchev–Trinajstić information content (AvgIpc) is 2.90. The third-order valence-electron chi connectivity index (χ3n) is 6.97. The van der Waals surface area contributed by atoms with Gasteiger partial charge in [0, 0.05) is 17.9 Å². The highest BCUT2D eigenvalue weighted by molar-refractivity contribution is 6.42. The van der Waals surface area contributed by atoms with Gasteiger partial charge in [0.15, 0.2) is 0 Å². The van der Waals surface area contributed by atoms with Crippen molar-refractivity contribution in [3.8, 4) is 0 Å². The predicted molar refractivity (Wildman–Crippen MR) is 145 cm³/mol. The van der Waals surface area contributed by atoms with Gasteiger partial charge in [0.2, 0.25) is 0 Å². The molecule has 2 aliphatic heterocycles. The van der Waals surface area contributed by atoms with Gasteiger partial charge in [-0.1, -0.05) is 72.1 Å². The highest BCUT2D eigenvalue weighted by Gasteiger charge is 2.40. The lowest BCUT2D eigenvalue weighted by Gasteiger charge is -2.33. The summed E-state index contributed by atoms with van der Waals surface area (Å²) in [5.74, 6) is -1.89. The molecule has 0 aliphatic carbocycles. The number of likely N-dealkylation sites (tertiary alicyclic amines) is 1. The quantitative estimate of drug-likeness (QED) is 0.422. The number of benzene rings is 2. The largest absolute Gasteiger partial charge is 0.466 e. The molecule has 2 unspecified atom stereocenters. The van der Waals surface area contributed by atoms with Crippen LogP contribution in [0.25, 0.3) is 0 Å². The second-order valence-corrected chi connectivity index (χ2v) is 10.2. The zero-order chi connectivity index (χ0) is 26.5. The van der Waals surface area contributed by atoms with Crippen LogP contribution in [0.5, 0.6) is 0 Å². The van der Waals surface area contributed by atoms with Crippen LogP contribution in [0.1, 0.15) is 56.3 Å². The van der Waals surface area contributed by atoms with Crippen LogP contribution in [0.15, 0.2) is 71.1 Å². The van der Waals surface area contributed by atoms with Gasteiger partial charge in [0.1, 0.15) is 6.10 Å². The van der Waals surface area contributed by atoms with Gasteiger partial charge in [0.25, 0.3) is 0 Å². The minimum Gasteiger partial charge on any atom is -0.466 e. The Morgan fingerprint density at radius 2 is 1.59 bits per heavy atom. The summed E-state index contributed by atoms with van der Waals surface area (Å²) >= 11 is 13.0. The van der Waals surface area contributed by atoms with E-state index in [0.29, 0.717) is 34.1 Å². The smallest absolute Gasteiger partial charge is 0.337 e. The van der Waals surface area contributed by atoms with E-state index in [1.807, 2.05) is 30.3 Å². The number of methoxy groups -OCH3 is 1. The fourth-order valence-corrected chi connectivity index (χ4v) is 5.56. The Kier molecular flexibility index (Phi) is 8.95. The molecule has 0 amide bonds. The maximum absolute atomic E-state index is 14.0. The summed E-state index contributed by atoms with van der Waals surface area (Å²) < 4.78 is 11.3. The number of carbonyl (C=O) groups is 2. The van der Waals surface area contributed by atoms with Crippen LogP contribution in [0.4, 0.5) is 0 Å². The van der Waals surface area contributed by atoms with E-state index < -0.39 is 24.0 Å². The van der Waals surface area contributed by atoms with Gasteiger partial charge in [-0.05, 0) is 57.0 Å². The Morgan fingerprint density at radius 3 is 2.24 bits per heavy atom. The third-order valence-corrected chi connectivity index (χ3v) is 7.80. The van der Waals surface area contributed by atoms with Crippen LogP contribution >= 0.6 is 23.2 Å². The molecule has 1 fully saturated rings. The number of dihydropyridines is 1. The van der Waals surface area contributed by atoms with E-state index in [-0.39, 0.29) is 10.6 Å². The Labute approximate surface area is 228 Å². The predicted octanol–water partition coefficient (Wildman–Crippen LogP) is 6.17. The van der Waals surface area contributed by atoms with Crippen LogP contribution in [-0.2, 0) is 19.1 Å². The highest BCUT2D eigenvalue weighted by atomic mass is 35.5. The second-order valence-electron chi connectivity index (χ2n) is 9.44. The summed E-state index contributed by atoms with van der Waals surface area (Å²) in [5, 5.41) is 3.78. The van der Waals surface area contributed by atoms with Crippen LogP contribution in [0, 0.1) is 0 Å². The molecule has 0 radical (unpaired) electrons. The lowest BCUT2D eigenvalue weighted by molar-refractivity contribution is -0.146. The highest BCUT2D eigenvalue weighted by Crippen LogP contribution is 2.44. The van der Waals surface area contributed by atoms with Crippen molar-refractivity contribution in [2.45, 2.75) is 45.1 Å². The lowest BCUT2D eigenvalue weighted by atomic mass is 9.80. The molecule has 2 atom stereocenters. The van der Waals surface area contributed by atoms with E-state index >= 15 is 0 Å². The summed E-state index contributed by atoms with van der Waals surface area (Å²) in [5.41, 5.74) is 3.21. The fourth-order valence-electron chi connectivity index (χ4n) is 5.15. The van der Waals surface area contributed by atoms with Gasteiger partial charge in [-0.2, -0.15) is 0 Å². The van der Waals surface area contributed by atoms with Crippen LogP contribution in [0.2, 0.25) is 10.0 Å². The van der Waals surface area contributed by atoms with E-state index in [1.54, 1.807) is 32.0 Å². The number of allylic oxidation sites excluding steroid dienone is 2. The number of hydrogen-bond donors (Lipinski definition) is 1. The van der Waals surface area contributed by atoms with Crippen LogP contribution in [0.3, 0.4) is 0 Å². The van der Waals surface area contributed by atoms with E-state index in [1.165, 1.54) is 13.5 Å². The number of nitrogens with one attached hydrogen (secondary N) is 1. The third kappa shape index (κ3) is 6.03. The van der Waals surface area contributed by atoms with E-state index in [9.17, 15) is 9.59 Å². The van der Waals surface area contributed by atoms with Gasteiger partial charge in [-0.3, -0.25) is 4.90 Å². The molecule has 196 valence electrons. The van der Waals surface area contributed by atoms with Crippen molar-refractivity contribution in [1.29, 1.82) is 0 Å². The van der Waals surface area contributed by atoms with Gasteiger partial charge in [-0.15, -0.1) is 0 Å². The van der Waals surface area contributed by atoms with Crippen LogP contribution < -0.4 is 5.32 Å². The monoisotopic (exact) mass is 542 g/mol. The minimum absolute atomic E-state index is 0.274. The normalized spacial score (nSPS) is 19.3. The first-order valence-electron chi connectivity index (χ1n) is 12.5. The molecule has 37 heavy (non-hydrogen) atoms. The van der Waals surface area contributed by atoms with Crippen molar-refractivity contribution in [2.24, 2.45) is 0 Å². The molecule has 1 N–H and O–H groups in total. The van der Waals surface area contributed by atoms with Gasteiger partial charge in [-0.25, -0.2) is 9.59 Å². The summed E-state index contributed by atoms with van der Waals surface area (Å²) in [7, 11) is 1.31. The van der Waals surface area contributed by atoms with Crippen molar-refractivity contribution in [3.05, 3.63) is 92.2 Å². The first kappa shape index (κ1) is 27.2. The SMILES string of the molecule is COC(=O)C1=C(C)NC(C)=C(C(=O)OC(CN2CCCCC2)c2ccccc2)C1c1cccc(Cl)c1Cl. The Balaban J connectivity index is 1.74. The first-order chi connectivity index (χ1) is 17.8. The zero-order valence-corrected chi connectivity index (χ0v) is 22.9. The molecule has 0 aromatic heterocycles. The van der Waals surface area contributed by atoms with E-state index in [4.69, 9.17) is 32.7 Å². The molecule has 8 heteroatoms. The fraction of sp³-hybridized carbons (Fsp3) is 0.379. The molecular weight excluding hydrogens is 511 g/mol. The molecule has 4 rings (SSSR count). The van der Waals surface area contributed by atoms with Crippen molar-refractivity contribution < 1.29 is 19.1 Å². The maximum Gasteiger partial charge on any atom is 0.337 e. The minimum atomic E-state index is -0.807. The lowest BCUT2D eigenvalue weighted by Crippen LogP contribution is -2.36. The van der Waals surface area contributed by atoms with Crippen molar-refractivity contribution >= 4 is 35.1 Å². The Hall–Kier alpha value is -2.80. The number of hydrogen-bond acceptors (Lipinski definition) is 6. The molecule has 2 aliphatic rings. The summed E-state index contributed by atoms with van der Waals surface area (Å²) in [6.45, 7) is 6.10. The molecule has 0 bridgehead atoms. The number of ether oxygens (including phenoxy) is 2. The van der Waals surface area contributed by atoms with E-state index in [2.05, 4.69) is 10.2 Å². The molecular formula is C29H32Cl2N2O4. The molecule has 0 spiro atoms. The van der Waals surface area contributed by atoms with Gasteiger partial charge < -0.3 is 14.8 Å². The molecule has 6 nitrogen and oxygen atoms in total. The maximum atomic E-state index is 14.0. The van der Waals surface area contributed by atoms with E-state index in [0.717, 1.165) is 31.5 Å². The Bertz CT molecular complexity index is 1220. The number of esters is 2. The van der Waals surface area contributed by atoms with Crippen LogP contribution in [-0.4, -0.2) is 43.6 Å². The topological polar surface area (TPSA) is 67.9 Å². The number of rotatable bonds is 7. The summed E-state index contributed by atoms with van der Waals surface area (Å²) in [6, 6.07) is 14.9. The molecule has 0 saturated carbocycles. The molecule has 2 aromatic carbocycles. The molecule has 1 saturated heterocycles. The van der Waals surface area contributed by atoms with Gasteiger partial charge in [0.05, 0.1) is 34.2 Å². The summed E-state index contributed by atoms with van der Waals surface area (Å²) in [6.07, 6.45) is 3.00. The molecule has 2 heterocycles. The zero-order valence-electron chi connectivity index (χ0n) is 21.4. The number of halogens is 2. The second kappa shape index (κ2) is 12.2. The number of carbonyl (C=O) groups excluding carboxylic acids is 2. The van der Waals surface area contributed by atoms with Gasteiger partial charge >= 0.3 is 11.9 Å². The number of piperidine rings is 1. The molecule has 2 aromatic rings.